The van der Waals surface area contributed by atoms with Crippen molar-refractivity contribution in [3.8, 4) is 5.88 Å². The van der Waals surface area contributed by atoms with Gasteiger partial charge < -0.3 is 14.8 Å². The fourth-order valence-electron chi connectivity index (χ4n) is 1.79. The first-order chi connectivity index (χ1) is 10.6. The number of aromatic nitrogens is 2. The van der Waals surface area contributed by atoms with Gasteiger partial charge in [-0.2, -0.15) is 4.37 Å². The number of rotatable bonds is 6. The van der Waals surface area contributed by atoms with E-state index in [-0.39, 0.29) is 12.3 Å². The van der Waals surface area contributed by atoms with Crippen LogP contribution in [0.25, 0.3) is 0 Å². The highest BCUT2D eigenvalue weighted by molar-refractivity contribution is 7.08. The molecule has 0 aliphatic heterocycles. The molecule has 8 heteroatoms. The van der Waals surface area contributed by atoms with E-state index in [0.29, 0.717) is 10.8 Å². The first-order valence-electron chi connectivity index (χ1n) is 6.42. The molecule has 0 saturated heterocycles. The predicted octanol–water partition coefficient (Wildman–Crippen LogP) is 1.58. The predicted molar refractivity (Wildman–Crippen MR) is 79.7 cm³/mol. The van der Waals surface area contributed by atoms with Crippen LogP contribution in [0.2, 0.25) is 0 Å². The molecule has 0 saturated carbocycles. The molecular weight excluding hydrogens is 306 g/mol. The Kier molecular flexibility index (Phi) is 5.42. The van der Waals surface area contributed by atoms with E-state index in [1.165, 1.54) is 14.2 Å². The summed E-state index contributed by atoms with van der Waals surface area (Å²) in [6.07, 6.45) is 3.23. The zero-order valence-corrected chi connectivity index (χ0v) is 12.9. The molecule has 7 nitrogen and oxygen atoms in total. The second kappa shape index (κ2) is 7.51. The van der Waals surface area contributed by atoms with Gasteiger partial charge in [0.2, 0.25) is 5.88 Å². The first kappa shape index (κ1) is 15.9. The average Bonchev–Trinajstić information content (AvgIpc) is 3.04. The number of ether oxygens (including phenoxy) is 2. The highest BCUT2D eigenvalue weighted by atomic mass is 32.1. The van der Waals surface area contributed by atoms with E-state index in [1.54, 1.807) is 30.6 Å². The van der Waals surface area contributed by atoms with Crippen molar-refractivity contribution in [1.29, 1.82) is 0 Å². The molecule has 1 unspecified atom stereocenters. The lowest BCUT2D eigenvalue weighted by Crippen LogP contribution is -2.30. The second-order valence-electron chi connectivity index (χ2n) is 4.32. The van der Waals surface area contributed by atoms with Gasteiger partial charge in [-0.1, -0.05) is 0 Å². The van der Waals surface area contributed by atoms with Crippen molar-refractivity contribution >= 4 is 23.4 Å². The molecule has 2 aromatic rings. The van der Waals surface area contributed by atoms with Gasteiger partial charge in [-0.15, -0.1) is 0 Å². The van der Waals surface area contributed by atoms with Crippen molar-refractivity contribution in [3.05, 3.63) is 41.0 Å². The van der Waals surface area contributed by atoms with Crippen LogP contribution in [-0.2, 0) is 9.53 Å². The number of carbonyl (C=O) groups excluding carboxylic acids is 2. The Morgan fingerprint density at radius 3 is 2.64 bits per heavy atom. The van der Waals surface area contributed by atoms with E-state index >= 15 is 0 Å². The molecule has 2 aromatic heterocycles. The molecule has 0 radical (unpaired) electrons. The molecule has 1 amide bonds. The smallest absolute Gasteiger partial charge is 0.307 e. The standard InChI is InChI=1S/C14H15N3O4S/c1-20-12-8-11(22-17-12)14(19)16-10(7-13(18)21-2)9-3-5-15-6-4-9/h3-6,8,10H,7H2,1-2H3,(H,16,19). The molecule has 1 N–H and O–H groups in total. The fraction of sp³-hybridized carbons (Fsp3) is 0.286. The lowest BCUT2D eigenvalue weighted by atomic mass is 10.1. The van der Waals surface area contributed by atoms with Crippen LogP contribution in [-0.4, -0.2) is 35.5 Å². The van der Waals surface area contributed by atoms with Crippen LogP contribution in [0.1, 0.15) is 27.7 Å². The van der Waals surface area contributed by atoms with Crippen LogP contribution in [0.4, 0.5) is 0 Å². The van der Waals surface area contributed by atoms with Crippen LogP contribution in [0.15, 0.2) is 30.6 Å². The van der Waals surface area contributed by atoms with Crippen molar-refractivity contribution in [2.45, 2.75) is 12.5 Å². The number of hydrogen-bond donors (Lipinski definition) is 1. The van der Waals surface area contributed by atoms with Gasteiger partial charge in [0.1, 0.15) is 4.88 Å². The second-order valence-corrected chi connectivity index (χ2v) is 5.13. The maximum Gasteiger partial charge on any atom is 0.307 e. The van der Waals surface area contributed by atoms with Crippen LogP contribution in [0.5, 0.6) is 5.88 Å². The molecule has 22 heavy (non-hydrogen) atoms. The summed E-state index contributed by atoms with van der Waals surface area (Å²) in [6.45, 7) is 0. The van der Waals surface area contributed by atoms with Crippen LogP contribution < -0.4 is 10.1 Å². The van der Waals surface area contributed by atoms with Gasteiger partial charge in [0.05, 0.1) is 26.7 Å². The van der Waals surface area contributed by atoms with Crippen LogP contribution >= 0.6 is 11.5 Å². The van der Waals surface area contributed by atoms with Crippen molar-refractivity contribution in [2.24, 2.45) is 0 Å². The lowest BCUT2D eigenvalue weighted by molar-refractivity contribution is -0.141. The van der Waals surface area contributed by atoms with Crippen molar-refractivity contribution < 1.29 is 19.1 Å². The van der Waals surface area contributed by atoms with Crippen molar-refractivity contribution in [1.82, 2.24) is 14.7 Å². The molecule has 1 atom stereocenters. The molecule has 0 spiro atoms. The molecule has 2 heterocycles. The molecule has 0 aromatic carbocycles. The number of hydrogen-bond acceptors (Lipinski definition) is 7. The molecule has 116 valence electrons. The topological polar surface area (TPSA) is 90.4 Å². The van der Waals surface area contributed by atoms with Crippen molar-refractivity contribution in [2.75, 3.05) is 14.2 Å². The Morgan fingerprint density at radius 1 is 1.32 bits per heavy atom. The van der Waals surface area contributed by atoms with Gasteiger partial charge in [0.25, 0.3) is 5.91 Å². The van der Waals surface area contributed by atoms with E-state index in [2.05, 4.69) is 19.4 Å². The number of nitrogens with one attached hydrogen (secondary N) is 1. The Labute approximate surface area is 131 Å². The SMILES string of the molecule is COC(=O)CC(NC(=O)c1cc(OC)ns1)c1ccncc1. The van der Waals surface area contributed by atoms with Gasteiger partial charge in [-0.05, 0) is 29.2 Å². The number of nitrogens with zero attached hydrogens (tertiary/aromatic N) is 2. The maximum absolute atomic E-state index is 12.3. The van der Waals surface area contributed by atoms with E-state index in [9.17, 15) is 9.59 Å². The van der Waals surface area contributed by atoms with E-state index < -0.39 is 12.0 Å². The third-order valence-electron chi connectivity index (χ3n) is 2.93. The fourth-order valence-corrected chi connectivity index (χ4v) is 2.40. The summed E-state index contributed by atoms with van der Waals surface area (Å²) in [6, 6.07) is 4.51. The summed E-state index contributed by atoms with van der Waals surface area (Å²) in [7, 11) is 2.79. The molecular formula is C14H15N3O4S. The minimum Gasteiger partial charge on any atom is -0.480 e. The molecule has 0 fully saturated rings. The largest absolute Gasteiger partial charge is 0.480 e. The minimum atomic E-state index is -0.504. The Balaban J connectivity index is 2.15. The highest BCUT2D eigenvalue weighted by Crippen LogP contribution is 2.20. The van der Waals surface area contributed by atoms with Gasteiger partial charge in [0, 0.05) is 18.5 Å². The average molecular weight is 321 g/mol. The third-order valence-corrected chi connectivity index (χ3v) is 3.70. The molecule has 0 bridgehead atoms. The Morgan fingerprint density at radius 2 is 2.05 bits per heavy atom. The number of carbonyl (C=O) groups is 2. The monoisotopic (exact) mass is 321 g/mol. The summed E-state index contributed by atoms with van der Waals surface area (Å²) in [5.41, 5.74) is 0.769. The van der Waals surface area contributed by atoms with Gasteiger partial charge in [-0.25, -0.2) is 0 Å². The maximum atomic E-state index is 12.3. The summed E-state index contributed by atoms with van der Waals surface area (Å²) in [5.74, 6) is -0.362. The zero-order chi connectivity index (χ0) is 15.9. The number of methoxy groups -OCH3 is 2. The normalized spacial score (nSPS) is 11.5. The van der Waals surface area contributed by atoms with E-state index in [4.69, 9.17) is 4.74 Å². The zero-order valence-electron chi connectivity index (χ0n) is 12.1. The van der Waals surface area contributed by atoms with Crippen LogP contribution in [0, 0.1) is 0 Å². The quantitative estimate of drug-likeness (QED) is 0.812. The van der Waals surface area contributed by atoms with Gasteiger partial charge >= 0.3 is 5.97 Å². The van der Waals surface area contributed by atoms with E-state index in [0.717, 1.165) is 17.1 Å². The molecule has 2 rings (SSSR count). The van der Waals surface area contributed by atoms with E-state index in [1.807, 2.05) is 0 Å². The highest BCUT2D eigenvalue weighted by Gasteiger charge is 2.21. The molecule has 0 aliphatic carbocycles. The van der Waals surface area contributed by atoms with Gasteiger partial charge in [0.15, 0.2) is 0 Å². The van der Waals surface area contributed by atoms with Crippen molar-refractivity contribution in [3.63, 3.8) is 0 Å². The summed E-state index contributed by atoms with van der Waals surface area (Å²) >= 11 is 1.03. The summed E-state index contributed by atoms with van der Waals surface area (Å²) < 4.78 is 13.6. The molecule has 0 aliphatic rings. The number of pyridine rings is 1. The summed E-state index contributed by atoms with van der Waals surface area (Å²) in [4.78, 5) is 28.1. The summed E-state index contributed by atoms with van der Waals surface area (Å²) in [5, 5.41) is 2.80. The first-order valence-corrected chi connectivity index (χ1v) is 7.19. The minimum absolute atomic E-state index is 0.0300. The lowest BCUT2D eigenvalue weighted by Gasteiger charge is -2.17. The number of esters is 1. The number of amides is 1. The Hall–Kier alpha value is -2.48. The third kappa shape index (κ3) is 4.01. The Bertz CT molecular complexity index is 645. The van der Waals surface area contributed by atoms with Crippen LogP contribution in [0.3, 0.4) is 0 Å². The van der Waals surface area contributed by atoms with Gasteiger partial charge in [-0.3, -0.25) is 14.6 Å².